The maximum absolute atomic E-state index is 12.8. The number of amides is 2. The molecule has 2 heterocycles. The van der Waals surface area contributed by atoms with Gasteiger partial charge in [0.25, 0.3) is 5.91 Å². The van der Waals surface area contributed by atoms with Gasteiger partial charge in [0.15, 0.2) is 11.5 Å². The van der Waals surface area contributed by atoms with Gasteiger partial charge in [0.1, 0.15) is 13.2 Å². The number of thiophene rings is 1. The molecule has 32 heavy (non-hydrogen) atoms. The normalized spacial score (nSPS) is 13.3. The van der Waals surface area contributed by atoms with Crippen LogP contribution in [-0.2, 0) is 11.2 Å². The molecule has 6 nitrogen and oxygen atoms in total. The second-order valence-corrected chi connectivity index (χ2v) is 8.69. The zero-order chi connectivity index (χ0) is 22.3. The van der Waals surface area contributed by atoms with E-state index in [0.29, 0.717) is 36.6 Å². The highest BCUT2D eigenvalue weighted by atomic mass is 32.1. The smallest absolute Gasteiger partial charge is 0.251 e. The van der Waals surface area contributed by atoms with Crippen molar-refractivity contribution >= 4 is 28.8 Å². The van der Waals surface area contributed by atoms with E-state index in [0.717, 1.165) is 24.2 Å². The van der Waals surface area contributed by atoms with E-state index in [9.17, 15) is 9.59 Å². The summed E-state index contributed by atoms with van der Waals surface area (Å²) in [6.45, 7) is 2.98. The van der Waals surface area contributed by atoms with E-state index in [1.807, 2.05) is 36.6 Å². The van der Waals surface area contributed by atoms with Gasteiger partial charge < -0.3 is 20.1 Å². The van der Waals surface area contributed by atoms with Crippen molar-refractivity contribution in [3.63, 3.8) is 0 Å². The molecule has 1 aliphatic rings. The molecule has 2 aromatic carbocycles. The number of aryl methyl sites for hydroxylation is 1. The molecular weight excluding hydrogens is 424 g/mol. The second kappa shape index (κ2) is 10.3. The van der Waals surface area contributed by atoms with E-state index in [2.05, 4.69) is 16.7 Å². The number of fused-ring (bicyclic) bond motifs is 1. The minimum atomic E-state index is -0.214. The summed E-state index contributed by atoms with van der Waals surface area (Å²) in [5.41, 5.74) is 2.04. The Bertz CT molecular complexity index is 1080. The Hall–Kier alpha value is -3.32. The summed E-state index contributed by atoms with van der Waals surface area (Å²) in [4.78, 5) is 26.3. The zero-order valence-corrected chi connectivity index (χ0v) is 18.7. The minimum absolute atomic E-state index is 0.0521. The first-order valence-electron chi connectivity index (χ1n) is 10.7. The van der Waals surface area contributed by atoms with E-state index in [-0.39, 0.29) is 17.9 Å². The molecule has 0 radical (unpaired) electrons. The summed E-state index contributed by atoms with van der Waals surface area (Å²) in [6.07, 6.45) is 2.13. The van der Waals surface area contributed by atoms with Crippen LogP contribution in [0.1, 0.15) is 46.6 Å². The van der Waals surface area contributed by atoms with Crippen LogP contribution < -0.4 is 20.1 Å². The SMILES string of the molecule is CC(NC(=O)c1cccc(NC(=O)CCCc2cccs2)c1)c1ccc2c(c1)OCCO2. The molecule has 1 unspecified atom stereocenters. The number of carbonyl (C=O) groups excluding carboxylic acids is 2. The molecule has 7 heteroatoms. The fraction of sp³-hybridized carbons (Fsp3) is 0.280. The fourth-order valence-corrected chi connectivity index (χ4v) is 4.28. The number of benzene rings is 2. The Morgan fingerprint density at radius 2 is 1.88 bits per heavy atom. The number of carbonyl (C=O) groups is 2. The molecule has 0 saturated heterocycles. The molecule has 2 amide bonds. The van der Waals surface area contributed by atoms with Crippen LogP contribution in [0.15, 0.2) is 60.0 Å². The number of hydrogen-bond acceptors (Lipinski definition) is 5. The van der Waals surface area contributed by atoms with Gasteiger partial charge in [-0.05, 0) is 67.1 Å². The third kappa shape index (κ3) is 5.68. The summed E-state index contributed by atoms with van der Waals surface area (Å²) in [6, 6.07) is 16.6. The van der Waals surface area contributed by atoms with E-state index in [1.165, 1.54) is 4.88 Å². The summed E-state index contributed by atoms with van der Waals surface area (Å²) < 4.78 is 11.2. The number of rotatable bonds is 8. The standard InChI is InChI=1S/C25H26N2O4S/c1-17(18-10-11-22-23(16-18)31-13-12-30-22)26-25(29)19-5-2-6-20(15-19)27-24(28)9-3-7-21-8-4-14-32-21/h2,4-6,8,10-11,14-17H,3,7,9,12-13H2,1H3,(H,26,29)(H,27,28). The van der Waals surface area contributed by atoms with Gasteiger partial charge >= 0.3 is 0 Å². The first-order valence-corrected chi connectivity index (χ1v) is 11.6. The van der Waals surface area contributed by atoms with E-state index >= 15 is 0 Å². The van der Waals surface area contributed by atoms with Crippen molar-refractivity contribution < 1.29 is 19.1 Å². The Kier molecular flexibility index (Phi) is 7.07. The average molecular weight is 451 g/mol. The predicted octanol–water partition coefficient (Wildman–Crippen LogP) is 4.97. The summed E-state index contributed by atoms with van der Waals surface area (Å²) in [7, 11) is 0. The van der Waals surface area contributed by atoms with Gasteiger partial charge in [0, 0.05) is 22.5 Å². The summed E-state index contributed by atoms with van der Waals surface area (Å²) in [5, 5.41) is 7.94. The van der Waals surface area contributed by atoms with Crippen LogP contribution in [0.2, 0.25) is 0 Å². The molecule has 0 aliphatic carbocycles. The Morgan fingerprint density at radius 1 is 1.03 bits per heavy atom. The molecule has 2 N–H and O–H groups in total. The third-order valence-corrected chi connectivity index (χ3v) is 6.17. The lowest BCUT2D eigenvalue weighted by Crippen LogP contribution is -2.27. The third-order valence-electron chi connectivity index (χ3n) is 5.23. The average Bonchev–Trinajstić information content (AvgIpc) is 3.32. The highest BCUT2D eigenvalue weighted by Gasteiger charge is 2.17. The van der Waals surface area contributed by atoms with Gasteiger partial charge in [-0.15, -0.1) is 11.3 Å². The van der Waals surface area contributed by atoms with Gasteiger partial charge in [-0.1, -0.05) is 18.2 Å². The highest BCUT2D eigenvalue weighted by Crippen LogP contribution is 2.32. The van der Waals surface area contributed by atoms with Crippen molar-refractivity contribution in [3.05, 3.63) is 76.0 Å². The molecule has 0 spiro atoms. The van der Waals surface area contributed by atoms with Crippen LogP contribution in [0.25, 0.3) is 0 Å². The molecule has 0 fully saturated rings. The van der Waals surface area contributed by atoms with Gasteiger partial charge in [0.2, 0.25) is 5.91 Å². The van der Waals surface area contributed by atoms with Crippen molar-refractivity contribution in [2.45, 2.75) is 32.2 Å². The van der Waals surface area contributed by atoms with Crippen LogP contribution in [0.3, 0.4) is 0 Å². The number of hydrogen-bond donors (Lipinski definition) is 2. The van der Waals surface area contributed by atoms with Crippen molar-refractivity contribution in [1.82, 2.24) is 5.32 Å². The van der Waals surface area contributed by atoms with Gasteiger partial charge in [-0.2, -0.15) is 0 Å². The molecule has 0 bridgehead atoms. The first-order chi connectivity index (χ1) is 15.6. The number of anilines is 1. The molecule has 0 saturated carbocycles. The van der Waals surface area contributed by atoms with Crippen molar-refractivity contribution in [2.75, 3.05) is 18.5 Å². The van der Waals surface area contributed by atoms with Crippen molar-refractivity contribution in [3.8, 4) is 11.5 Å². The van der Waals surface area contributed by atoms with Crippen molar-refractivity contribution in [2.24, 2.45) is 0 Å². The molecule has 3 aromatic rings. The molecule has 1 aliphatic heterocycles. The van der Waals surface area contributed by atoms with Gasteiger partial charge in [-0.25, -0.2) is 0 Å². The van der Waals surface area contributed by atoms with Crippen LogP contribution >= 0.6 is 11.3 Å². The molecule has 1 atom stereocenters. The maximum atomic E-state index is 12.8. The summed E-state index contributed by atoms with van der Waals surface area (Å²) >= 11 is 1.70. The lowest BCUT2D eigenvalue weighted by atomic mass is 10.1. The fourth-order valence-electron chi connectivity index (χ4n) is 3.53. The minimum Gasteiger partial charge on any atom is -0.486 e. The van der Waals surface area contributed by atoms with Crippen LogP contribution in [0.4, 0.5) is 5.69 Å². The highest BCUT2D eigenvalue weighted by molar-refractivity contribution is 7.09. The monoisotopic (exact) mass is 450 g/mol. The predicted molar refractivity (Wildman–Crippen MR) is 126 cm³/mol. The molecule has 4 rings (SSSR count). The van der Waals surface area contributed by atoms with E-state index in [1.54, 1.807) is 35.6 Å². The number of ether oxygens (including phenoxy) is 2. The summed E-state index contributed by atoms with van der Waals surface area (Å²) in [5.74, 6) is 1.15. The van der Waals surface area contributed by atoms with Crippen LogP contribution in [0.5, 0.6) is 11.5 Å². The van der Waals surface area contributed by atoms with Crippen LogP contribution in [0, 0.1) is 0 Å². The quantitative estimate of drug-likeness (QED) is 0.508. The topological polar surface area (TPSA) is 76.7 Å². The molecule has 166 valence electrons. The van der Waals surface area contributed by atoms with E-state index < -0.39 is 0 Å². The largest absolute Gasteiger partial charge is 0.486 e. The van der Waals surface area contributed by atoms with Gasteiger partial charge in [0.05, 0.1) is 6.04 Å². The van der Waals surface area contributed by atoms with Gasteiger partial charge in [-0.3, -0.25) is 9.59 Å². The van der Waals surface area contributed by atoms with Crippen LogP contribution in [-0.4, -0.2) is 25.0 Å². The molecular formula is C25H26N2O4S. The lowest BCUT2D eigenvalue weighted by molar-refractivity contribution is -0.116. The number of nitrogens with one attached hydrogen (secondary N) is 2. The maximum Gasteiger partial charge on any atom is 0.251 e. The molecule has 1 aromatic heterocycles. The van der Waals surface area contributed by atoms with E-state index in [4.69, 9.17) is 9.47 Å². The lowest BCUT2D eigenvalue weighted by Gasteiger charge is -2.21. The second-order valence-electron chi connectivity index (χ2n) is 7.66. The first kappa shape index (κ1) is 21.9. The zero-order valence-electron chi connectivity index (χ0n) is 17.9. The Morgan fingerprint density at radius 3 is 2.69 bits per heavy atom. The Labute approximate surface area is 191 Å². The van der Waals surface area contributed by atoms with Crippen molar-refractivity contribution in [1.29, 1.82) is 0 Å². The Balaban J connectivity index is 1.32.